The second-order valence-electron chi connectivity index (χ2n) is 2.85. The minimum Gasteiger partial charge on any atom is -0.465 e. The van der Waals surface area contributed by atoms with Gasteiger partial charge in [0.25, 0.3) is 0 Å². The van der Waals surface area contributed by atoms with Crippen LogP contribution in [0.4, 0.5) is 4.79 Å². The van der Waals surface area contributed by atoms with E-state index in [1.54, 1.807) is 0 Å². The maximum Gasteiger partial charge on any atom is 0.404 e. The molecule has 11 heavy (non-hydrogen) atoms. The van der Waals surface area contributed by atoms with E-state index in [1.807, 2.05) is 0 Å². The van der Waals surface area contributed by atoms with Crippen LogP contribution in [0.15, 0.2) is 0 Å². The first-order valence-electron chi connectivity index (χ1n) is 3.52. The Morgan fingerprint density at radius 2 is 2.18 bits per heavy atom. The molecule has 5 N–H and O–H groups in total. The van der Waals surface area contributed by atoms with E-state index in [9.17, 15) is 4.79 Å². The molecule has 0 aromatic carbocycles. The molecule has 5 heteroatoms. The highest BCUT2D eigenvalue weighted by Crippen LogP contribution is 2.17. The van der Waals surface area contributed by atoms with Crippen molar-refractivity contribution in [2.24, 2.45) is 5.73 Å². The summed E-state index contributed by atoms with van der Waals surface area (Å²) >= 11 is 0. The molecule has 0 radical (unpaired) electrons. The topological polar surface area (TPSA) is 95.6 Å². The van der Waals surface area contributed by atoms with E-state index < -0.39 is 12.2 Å². The van der Waals surface area contributed by atoms with Crippen molar-refractivity contribution in [3.05, 3.63) is 0 Å². The Hall–Kier alpha value is -0.810. The third kappa shape index (κ3) is 2.06. The van der Waals surface area contributed by atoms with Gasteiger partial charge in [0, 0.05) is 12.1 Å². The molecule has 0 aliphatic heterocycles. The van der Waals surface area contributed by atoms with Gasteiger partial charge in [-0.05, 0) is 12.8 Å². The molecule has 1 rings (SSSR count). The molecular weight excluding hydrogens is 148 g/mol. The number of aliphatic hydroxyl groups excluding tert-OH is 1. The Morgan fingerprint density at radius 1 is 1.55 bits per heavy atom. The lowest BCUT2D eigenvalue weighted by Gasteiger charge is -2.07. The van der Waals surface area contributed by atoms with Gasteiger partial charge in [-0.2, -0.15) is 0 Å². The van der Waals surface area contributed by atoms with Crippen LogP contribution in [-0.2, 0) is 0 Å². The van der Waals surface area contributed by atoms with Crippen molar-refractivity contribution in [2.75, 3.05) is 0 Å². The average molecular weight is 160 g/mol. The number of nitrogens with two attached hydrogens (primary N) is 1. The van der Waals surface area contributed by atoms with E-state index in [0.717, 1.165) is 0 Å². The van der Waals surface area contributed by atoms with E-state index in [-0.39, 0.29) is 12.1 Å². The van der Waals surface area contributed by atoms with Crippen molar-refractivity contribution in [1.29, 1.82) is 0 Å². The van der Waals surface area contributed by atoms with E-state index in [2.05, 4.69) is 5.32 Å². The van der Waals surface area contributed by atoms with Gasteiger partial charge < -0.3 is 21.3 Å². The van der Waals surface area contributed by atoms with E-state index in [0.29, 0.717) is 12.8 Å². The molecule has 1 saturated carbocycles. The van der Waals surface area contributed by atoms with Crippen LogP contribution in [0.5, 0.6) is 0 Å². The number of nitrogens with one attached hydrogen (secondary N) is 1. The zero-order valence-electron chi connectivity index (χ0n) is 6.03. The number of rotatable bonds is 1. The summed E-state index contributed by atoms with van der Waals surface area (Å²) in [6.07, 6.45) is -0.677. The summed E-state index contributed by atoms with van der Waals surface area (Å²) < 4.78 is 0. The van der Waals surface area contributed by atoms with Gasteiger partial charge in [-0.25, -0.2) is 4.79 Å². The molecule has 0 spiro atoms. The highest BCUT2D eigenvalue weighted by molar-refractivity contribution is 5.64. The van der Waals surface area contributed by atoms with Gasteiger partial charge in [-0.1, -0.05) is 0 Å². The number of carbonyl (C=O) groups is 1. The first-order chi connectivity index (χ1) is 5.09. The molecule has 1 aliphatic rings. The van der Waals surface area contributed by atoms with Gasteiger partial charge in [-0.3, -0.25) is 0 Å². The van der Waals surface area contributed by atoms with E-state index >= 15 is 0 Å². The monoisotopic (exact) mass is 160 g/mol. The molecule has 0 heterocycles. The van der Waals surface area contributed by atoms with Crippen molar-refractivity contribution < 1.29 is 15.0 Å². The lowest BCUT2D eigenvalue weighted by atomic mass is 10.2. The fourth-order valence-electron chi connectivity index (χ4n) is 1.34. The minimum atomic E-state index is -1.06. The molecule has 0 aromatic heterocycles. The zero-order chi connectivity index (χ0) is 8.43. The molecular formula is C6H12N2O3. The summed E-state index contributed by atoms with van der Waals surface area (Å²) in [4.78, 5) is 10.1. The van der Waals surface area contributed by atoms with Crippen molar-refractivity contribution in [1.82, 2.24) is 5.32 Å². The highest BCUT2D eigenvalue weighted by Gasteiger charge is 2.30. The van der Waals surface area contributed by atoms with Gasteiger partial charge in [0.05, 0.1) is 6.10 Å². The number of amides is 1. The van der Waals surface area contributed by atoms with Crippen LogP contribution in [0.2, 0.25) is 0 Å². The van der Waals surface area contributed by atoms with Crippen LogP contribution < -0.4 is 11.1 Å². The maximum absolute atomic E-state index is 10.1. The van der Waals surface area contributed by atoms with E-state index in [1.165, 1.54) is 0 Å². The number of hydrogen-bond donors (Lipinski definition) is 4. The van der Waals surface area contributed by atoms with Crippen LogP contribution in [0.3, 0.4) is 0 Å². The van der Waals surface area contributed by atoms with E-state index in [4.69, 9.17) is 15.9 Å². The second-order valence-corrected chi connectivity index (χ2v) is 2.85. The Kier molecular flexibility index (Phi) is 2.31. The van der Waals surface area contributed by atoms with Crippen LogP contribution >= 0.6 is 0 Å². The molecule has 0 aromatic rings. The van der Waals surface area contributed by atoms with Crippen LogP contribution in [0.1, 0.15) is 12.8 Å². The number of aliphatic hydroxyl groups is 1. The summed E-state index contributed by atoms with van der Waals surface area (Å²) in [6.45, 7) is 0. The molecule has 3 atom stereocenters. The highest BCUT2D eigenvalue weighted by atomic mass is 16.4. The van der Waals surface area contributed by atoms with Gasteiger partial charge in [-0.15, -0.1) is 0 Å². The SMILES string of the molecule is N[C@@H]1C[C@@H](NC(=O)O)CC1O. The first-order valence-corrected chi connectivity index (χ1v) is 3.52. The quantitative estimate of drug-likeness (QED) is 0.400. The number of carboxylic acid groups (broad SMARTS) is 1. The molecule has 0 bridgehead atoms. The first kappa shape index (κ1) is 8.29. The van der Waals surface area contributed by atoms with Crippen molar-refractivity contribution in [3.63, 3.8) is 0 Å². The second kappa shape index (κ2) is 3.06. The summed E-state index contributed by atoms with van der Waals surface area (Å²) in [5.41, 5.74) is 5.46. The Labute approximate surface area is 64.2 Å². The Morgan fingerprint density at radius 3 is 2.55 bits per heavy atom. The third-order valence-electron chi connectivity index (χ3n) is 1.90. The summed E-state index contributed by atoms with van der Waals surface area (Å²) in [6, 6.07) is -0.468. The maximum atomic E-state index is 10.1. The average Bonchev–Trinajstić information content (AvgIpc) is 2.10. The zero-order valence-corrected chi connectivity index (χ0v) is 6.03. The Bertz CT molecular complexity index is 152. The largest absolute Gasteiger partial charge is 0.465 e. The van der Waals surface area contributed by atoms with Gasteiger partial charge in [0.1, 0.15) is 0 Å². The molecule has 0 saturated heterocycles. The normalized spacial score (nSPS) is 37.1. The summed E-state index contributed by atoms with van der Waals surface area (Å²) in [5, 5.41) is 19.7. The predicted octanol–water partition coefficient (Wildman–Crippen LogP) is -0.895. The van der Waals surface area contributed by atoms with Gasteiger partial charge in [0.2, 0.25) is 0 Å². The fraction of sp³-hybridized carbons (Fsp3) is 0.833. The molecule has 5 nitrogen and oxygen atoms in total. The molecule has 1 fully saturated rings. The van der Waals surface area contributed by atoms with Crippen LogP contribution in [0.25, 0.3) is 0 Å². The summed E-state index contributed by atoms with van der Waals surface area (Å²) in [5.74, 6) is 0. The van der Waals surface area contributed by atoms with Crippen molar-refractivity contribution in [2.45, 2.75) is 31.0 Å². The number of hydrogen-bond acceptors (Lipinski definition) is 3. The van der Waals surface area contributed by atoms with Gasteiger partial charge >= 0.3 is 6.09 Å². The van der Waals surface area contributed by atoms with Crippen LogP contribution in [-0.4, -0.2) is 34.5 Å². The predicted molar refractivity (Wildman–Crippen MR) is 38.2 cm³/mol. The molecule has 64 valence electrons. The lowest BCUT2D eigenvalue weighted by molar-refractivity contribution is 0.161. The Balaban J connectivity index is 2.35. The lowest BCUT2D eigenvalue weighted by Crippen LogP contribution is -2.32. The third-order valence-corrected chi connectivity index (χ3v) is 1.90. The minimum absolute atomic E-state index is 0.183. The standard InChI is InChI=1S/C6H12N2O3/c7-4-1-3(2-5(4)9)8-6(10)11/h3-5,8-9H,1-2,7H2,(H,10,11)/t3-,4-,5?/m1/s1. The van der Waals surface area contributed by atoms with Crippen molar-refractivity contribution >= 4 is 6.09 Å². The summed E-state index contributed by atoms with van der Waals surface area (Å²) in [7, 11) is 0. The van der Waals surface area contributed by atoms with Crippen molar-refractivity contribution in [3.8, 4) is 0 Å². The fourth-order valence-corrected chi connectivity index (χ4v) is 1.34. The van der Waals surface area contributed by atoms with Gasteiger partial charge in [0.15, 0.2) is 0 Å². The van der Waals surface area contributed by atoms with Crippen LogP contribution in [0, 0.1) is 0 Å². The molecule has 1 amide bonds. The smallest absolute Gasteiger partial charge is 0.404 e. The molecule has 1 unspecified atom stereocenters. The molecule has 1 aliphatic carbocycles.